The van der Waals surface area contributed by atoms with Crippen molar-refractivity contribution >= 4 is 51.9 Å². The van der Waals surface area contributed by atoms with Crippen LogP contribution in [0.3, 0.4) is 0 Å². The van der Waals surface area contributed by atoms with Gasteiger partial charge in [0.15, 0.2) is 0 Å². The van der Waals surface area contributed by atoms with Crippen molar-refractivity contribution in [2.45, 2.75) is 0 Å². The van der Waals surface area contributed by atoms with Crippen LogP contribution in [0.15, 0.2) is 66.7 Å². The number of carbonyl (C=O) groups excluding carboxylic acids is 1. The molecule has 7 heteroatoms. The zero-order valence-electron chi connectivity index (χ0n) is 15.9. The molecule has 0 radical (unpaired) electrons. The van der Waals surface area contributed by atoms with Gasteiger partial charge in [-0.2, -0.15) is 0 Å². The Morgan fingerprint density at radius 3 is 2.73 bits per heavy atom. The first kappa shape index (κ1) is 20.0. The van der Waals surface area contributed by atoms with Crippen molar-refractivity contribution in [3.63, 3.8) is 0 Å². The van der Waals surface area contributed by atoms with Gasteiger partial charge in [0.25, 0.3) is 0 Å². The van der Waals surface area contributed by atoms with Crippen LogP contribution >= 0.6 is 23.2 Å². The minimum absolute atomic E-state index is 0.296. The summed E-state index contributed by atoms with van der Waals surface area (Å²) in [7, 11) is 1.51. The van der Waals surface area contributed by atoms with Crippen LogP contribution in [-0.4, -0.2) is 23.0 Å². The third-order valence-corrected chi connectivity index (χ3v) is 4.95. The number of imidazole rings is 1. The van der Waals surface area contributed by atoms with Gasteiger partial charge in [0.1, 0.15) is 11.6 Å². The molecule has 0 spiro atoms. The molecule has 0 aliphatic heterocycles. The third kappa shape index (κ3) is 4.32. The van der Waals surface area contributed by atoms with Gasteiger partial charge in [-0.05, 0) is 42.5 Å². The van der Waals surface area contributed by atoms with Crippen LogP contribution in [0.25, 0.3) is 28.5 Å². The summed E-state index contributed by atoms with van der Waals surface area (Å²) in [5, 5.41) is 3.68. The van der Waals surface area contributed by atoms with E-state index in [1.807, 2.05) is 48.5 Å². The van der Waals surface area contributed by atoms with E-state index < -0.39 is 0 Å². The van der Waals surface area contributed by atoms with E-state index in [-0.39, 0.29) is 5.91 Å². The Kier molecular flexibility index (Phi) is 5.74. The number of rotatable bonds is 5. The quantitative estimate of drug-likeness (QED) is 0.365. The molecule has 0 fully saturated rings. The van der Waals surface area contributed by atoms with E-state index in [4.69, 9.17) is 27.9 Å². The van der Waals surface area contributed by atoms with Crippen LogP contribution in [0.1, 0.15) is 5.56 Å². The predicted octanol–water partition coefficient (Wildman–Crippen LogP) is 6.20. The second-order valence-electron chi connectivity index (χ2n) is 6.52. The van der Waals surface area contributed by atoms with Gasteiger partial charge in [-0.3, -0.25) is 4.79 Å². The van der Waals surface area contributed by atoms with Crippen LogP contribution in [0.5, 0.6) is 5.75 Å². The lowest BCUT2D eigenvalue weighted by Gasteiger charge is -2.08. The Morgan fingerprint density at radius 1 is 1.10 bits per heavy atom. The summed E-state index contributed by atoms with van der Waals surface area (Å²) in [5.41, 5.74) is 3.98. The zero-order chi connectivity index (χ0) is 21.1. The summed E-state index contributed by atoms with van der Waals surface area (Å²) < 4.78 is 5.29. The summed E-state index contributed by atoms with van der Waals surface area (Å²) in [6.07, 6.45) is 3.01. The molecule has 0 bridgehead atoms. The minimum Gasteiger partial charge on any atom is -0.495 e. The number of halogens is 2. The number of aromatic amines is 1. The average molecular weight is 438 g/mol. The van der Waals surface area contributed by atoms with Crippen molar-refractivity contribution in [3.05, 3.63) is 82.3 Å². The molecule has 5 nitrogen and oxygen atoms in total. The summed E-state index contributed by atoms with van der Waals surface area (Å²) in [6, 6.07) is 18.5. The van der Waals surface area contributed by atoms with Gasteiger partial charge in [-0.15, -0.1) is 0 Å². The number of para-hydroxylation sites is 2. The van der Waals surface area contributed by atoms with Crippen molar-refractivity contribution in [1.82, 2.24) is 9.97 Å². The lowest BCUT2D eigenvalue weighted by Crippen LogP contribution is -2.07. The zero-order valence-corrected chi connectivity index (χ0v) is 17.5. The van der Waals surface area contributed by atoms with Crippen molar-refractivity contribution in [1.29, 1.82) is 0 Å². The monoisotopic (exact) mass is 437 g/mol. The van der Waals surface area contributed by atoms with E-state index >= 15 is 0 Å². The number of anilines is 1. The standard InChI is InChI=1S/C23H17Cl2N3O2/c1-30-22-14(11-16(24)13-18(22)25)9-10-21(29)26-17-6-4-5-15(12-17)23-27-19-7-2-3-8-20(19)28-23/h2-13H,1H3,(H,26,29)(H,27,28). The minimum atomic E-state index is -0.296. The van der Waals surface area contributed by atoms with E-state index in [9.17, 15) is 4.79 Å². The molecule has 1 heterocycles. The number of hydrogen-bond acceptors (Lipinski definition) is 3. The fourth-order valence-electron chi connectivity index (χ4n) is 3.10. The number of nitrogens with one attached hydrogen (secondary N) is 2. The normalized spacial score (nSPS) is 11.2. The molecule has 1 aromatic heterocycles. The summed E-state index contributed by atoms with van der Waals surface area (Å²) >= 11 is 12.2. The highest BCUT2D eigenvalue weighted by Crippen LogP contribution is 2.33. The second kappa shape index (κ2) is 8.61. The Labute approximate surface area is 183 Å². The highest BCUT2D eigenvalue weighted by atomic mass is 35.5. The van der Waals surface area contributed by atoms with Crippen LogP contribution in [-0.2, 0) is 4.79 Å². The first-order valence-electron chi connectivity index (χ1n) is 9.11. The third-order valence-electron chi connectivity index (χ3n) is 4.45. The Hall–Kier alpha value is -3.28. The number of carbonyl (C=O) groups is 1. The van der Waals surface area contributed by atoms with Crippen molar-refractivity contribution in [3.8, 4) is 17.1 Å². The first-order valence-corrected chi connectivity index (χ1v) is 9.86. The van der Waals surface area contributed by atoms with Gasteiger partial charge in [0, 0.05) is 27.9 Å². The highest BCUT2D eigenvalue weighted by molar-refractivity contribution is 6.36. The van der Waals surface area contributed by atoms with Crippen molar-refractivity contribution in [2.24, 2.45) is 0 Å². The maximum atomic E-state index is 12.4. The molecule has 0 saturated heterocycles. The molecular formula is C23H17Cl2N3O2. The molecule has 0 aliphatic rings. The smallest absolute Gasteiger partial charge is 0.248 e. The average Bonchev–Trinajstić information content (AvgIpc) is 3.16. The number of aromatic nitrogens is 2. The maximum Gasteiger partial charge on any atom is 0.248 e. The SMILES string of the molecule is COc1c(Cl)cc(Cl)cc1C=CC(=O)Nc1cccc(-c2nc3ccccc3[nH]2)c1. The number of methoxy groups -OCH3 is 1. The number of amides is 1. The Bertz CT molecular complexity index is 1230. The number of benzene rings is 3. The Morgan fingerprint density at radius 2 is 1.93 bits per heavy atom. The molecule has 0 atom stereocenters. The molecule has 2 N–H and O–H groups in total. The van der Waals surface area contributed by atoms with Crippen molar-refractivity contribution < 1.29 is 9.53 Å². The molecular weight excluding hydrogens is 421 g/mol. The molecule has 0 aliphatic carbocycles. The van der Waals surface area contributed by atoms with Gasteiger partial charge in [-0.25, -0.2) is 4.98 Å². The molecule has 150 valence electrons. The van der Waals surface area contributed by atoms with E-state index in [0.29, 0.717) is 27.0 Å². The van der Waals surface area contributed by atoms with E-state index in [0.717, 1.165) is 22.4 Å². The van der Waals surface area contributed by atoms with Gasteiger partial charge in [0.2, 0.25) is 5.91 Å². The Balaban J connectivity index is 1.53. The lowest BCUT2D eigenvalue weighted by atomic mass is 10.1. The maximum absolute atomic E-state index is 12.4. The molecule has 30 heavy (non-hydrogen) atoms. The van der Waals surface area contributed by atoms with Gasteiger partial charge in [-0.1, -0.05) is 47.5 Å². The summed E-state index contributed by atoms with van der Waals surface area (Å²) in [5.74, 6) is 0.896. The number of fused-ring (bicyclic) bond motifs is 1. The van der Waals surface area contributed by atoms with Crippen LogP contribution in [0.4, 0.5) is 5.69 Å². The fourth-order valence-corrected chi connectivity index (χ4v) is 3.69. The number of hydrogen-bond donors (Lipinski definition) is 2. The van der Waals surface area contributed by atoms with E-state index in [2.05, 4.69) is 15.3 Å². The summed E-state index contributed by atoms with van der Waals surface area (Å²) in [6.45, 7) is 0. The van der Waals surface area contributed by atoms with Crippen LogP contribution < -0.4 is 10.1 Å². The first-order chi connectivity index (χ1) is 14.5. The number of ether oxygens (including phenoxy) is 1. The van der Waals surface area contributed by atoms with Crippen LogP contribution in [0.2, 0.25) is 10.0 Å². The predicted molar refractivity (Wildman–Crippen MR) is 122 cm³/mol. The number of nitrogens with zero attached hydrogens (tertiary/aromatic N) is 1. The number of H-pyrrole nitrogens is 1. The molecule has 0 unspecified atom stereocenters. The molecule has 3 aromatic carbocycles. The van der Waals surface area contributed by atoms with Gasteiger partial charge in [0.05, 0.1) is 23.2 Å². The molecule has 4 aromatic rings. The second-order valence-corrected chi connectivity index (χ2v) is 7.36. The van der Waals surface area contributed by atoms with Crippen molar-refractivity contribution in [2.75, 3.05) is 12.4 Å². The summed E-state index contributed by atoms with van der Waals surface area (Å²) in [4.78, 5) is 20.3. The largest absolute Gasteiger partial charge is 0.495 e. The molecule has 0 saturated carbocycles. The van der Waals surface area contributed by atoms with Gasteiger partial charge < -0.3 is 15.0 Å². The molecule has 1 amide bonds. The van der Waals surface area contributed by atoms with Gasteiger partial charge >= 0.3 is 0 Å². The van der Waals surface area contributed by atoms with E-state index in [1.165, 1.54) is 13.2 Å². The highest BCUT2D eigenvalue weighted by Gasteiger charge is 2.09. The lowest BCUT2D eigenvalue weighted by molar-refractivity contribution is -0.111. The fraction of sp³-hybridized carbons (Fsp3) is 0.0435. The topological polar surface area (TPSA) is 67.0 Å². The van der Waals surface area contributed by atoms with E-state index in [1.54, 1.807) is 18.2 Å². The van der Waals surface area contributed by atoms with Crippen LogP contribution in [0, 0.1) is 0 Å². The molecule has 4 rings (SSSR count).